The van der Waals surface area contributed by atoms with Crippen LogP contribution in [-0.4, -0.2) is 52.2 Å². The maximum Gasteiger partial charge on any atom is 0.255 e. The van der Waals surface area contributed by atoms with Crippen LogP contribution in [0.25, 0.3) is 0 Å². The monoisotopic (exact) mass is 323 g/mol. The molecule has 1 saturated carbocycles. The van der Waals surface area contributed by atoms with E-state index in [9.17, 15) is 4.79 Å². The van der Waals surface area contributed by atoms with Gasteiger partial charge in [0.05, 0.1) is 5.56 Å². The van der Waals surface area contributed by atoms with E-state index >= 15 is 0 Å². The van der Waals surface area contributed by atoms with Crippen LogP contribution in [0.2, 0.25) is 0 Å². The van der Waals surface area contributed by atoms with E-state index in [1.807, 2.05) is 29.2 Å². The van der Waals surface area contributed by atoms with E-state index in [1.54, 1.807) is 18.6 Å². The van der Waals surface area contributed by atoms with Crippen molar-refractivity contribution in [1.82, 2.24) is 20.1 Å². The van der Waals surface area contributed by atoms with Gasteiger partial charge in [0.25, 0.3) is 5.91 Å². The topological polar surface area (TPSA) is 62.2 Å². The molecule has 3 atom stereocenters. The highest BCUT2D eigenvalue weighted by Crippen LogP contribution is 2.41. The summed E-state index contributed by atoms with van der Waals surface area (Å²) in [5.41, 5.74) is 0.677. The number of hydrogen-bond acceptors (Lipinski definition) is 5. The van der Waals surface area contributed by atoms with E-state index in [0.29, 0.717) is 23.4 Å². The first-order chi connectivity index (χ1) is 11.7. The van der Waals surface area contributed by atoms with Crippen molar-refractivity contribution in [3.05, 3.63) is 48.4 Å². The smallest absolute Gasteiger partial charge is 0.255 e. The molecular weight excluding hydrogens is 302 g/mol. The predicted octanol–water partition coefficient (Wildman–Crippen LogP) is 1.86. The Morgan fingerprint density at radius 3 is 2.83 bits per heavy atom. The lowest BCUT2D eigenvalue weighted by molar-refractivity contribution is 0.0779. The number of fused-ring (bicyclic) bond motifs is 1. The molecule has 1 saturated heterocycles. The highest BCUT2D eigenvalue weighted by Gasteiger charge is 2.45. The van der Waals surface area contributed by atoms with E-state index in [1.165, 1.54) is 0 Å². The number of nitrogens with zero attached hydrogens (tertiary/aromatic N) is 5. The highest BCUT2D eigenvalue weighted by atomic mass is 16.2. The molecule has 1 amide bonds. The third-order valence-corrected chi connectivity index (χ3v) is 5.43. The van der Waals surface area contributed by atoms with Gasteiger partial charge >= 0.3 is 0 Å². The third-order valence-electron chi connectivity index (χ3n) is 5.43. The molecule has 4 rings (SSSR count). The second kappa shape index (κ2) is 6.19. The lowest BCUT2D eigenvalue weighted by Gasteiger charge is -2.30. The molecule has 124 valence electrons. The Labute approximate surface area is 141 Å². The molecule has 1 aliphatic carbocycles. The van der Waals surface area contributed by atoms with Crippen LogP contribution in [-0.2, 0) is 0 Å². The SMILES string of the molecule is CN(c1cccnn1)[C@@H]1CC[C@@H]2CN(C(=O)c3cccnc3)C[C@@H]21. The van der Waals surface area contributed by atoms with E-state index < -0.39 is 0 Å². The van der Waals surface area contributed by atoms with Crippen LogP contribution in [0.1, 0.15) is 23.2 Å². The van der Waals surface area contributed by atoms with Crippen molar-refractivity contribution in [2.24, 2.45) is 11.8 Å². The number of hydrogen-bond donors (Lipinski definition) is 0. The van der Waals surface area contributed by atoms with Crippen molar-refractivity contribution >= 4 is 11.7 Å². The number of carbonyl (C=O) groups is 1. The summed E-state index contributed by atoms with van der Waals surface area (Å²) in [6.07, 6.45) is 7.35. The summed E-state index contributed by atoms with van der Waals surface area (Å²) < 4.78 is 0. The minimum atomic E-state index is 0.0957. The fraction of sp³-hybridized carbons (Fsp3) is 0.444. The molecule has 1 aliphatic heterocycles. The second-order valence-electron chi connectivity index (χ2n) is 6.71. The minimum absolute atomic E-state index is 0.0957. The molecule has 24 heavy (non-hydrogen) atoms. The Kier molecular flexibility index (Phi) is 3.88. The Morgan fingerprint density at radius 2 is 2.08 bits per heavy atom. The van der Waals surface area contributed by atoms with Crippen molar-refractivity contribution in [3.8, 4) is 0 Å². The van der Waals surface area contributed by atoms with Crippen LogP contribution in [0, 0.1) is 11.8 Å². The standard InChI is InChI=1S/C18H21N5O/c1-22(17-5-3-9-20-21-17)16-7-6-14-11-23(12-15(14)16)18(24)13-4-2-8-19-10-13/h2-5,8-10,14-16H,6-7,11-12H2,1H3/t14-,15+,16-/m1/s1. The Morgan fingerprint density at radius 1 is 1.21 bits per heavy atom. The van der Waals surface area contributed by atoms with Crippen LogP contribution in [0.3, 0.4) is 0 Å². The maximum absolute atomic E-state index is 12.7. The molecule has 6 nitrogen and oxygen atoms in total. The molecule has 0 radical (unpaired) electrons. The van der Waals surface area contributed by atoms with Crippen molar-refractivity contribution in [2.75, 3.05) is 25.0 Å². The van der Waals surface area contributed by atoms with Crippen LogP contribution in [0.4, 0.5) is 5.82 Å². The number of amides is 1. The summed E-state index contributed by atoms with van der Waals surface area (Å²) >= 11 is 0. The first kappa shape index (κ1) is 15.1. The van der Waals surface area contributed by atoms with Gasteiger partial charge in [0.1, 0.15) is 0 Å². The van der Waals surface area contributed by atoms with E-state index in [-0.39, 0.29) is 5.91 Å². The van der Waals surface area contributed by atoms with E-state index in [2.05, 4.69) is 27.1 Å². The molecule has 2 aromatic heterocycles. The molecule has 2 aromatic rings. The van der Waals surface area contributed by atoms with Crippen LogP contribution in [0.5, 0.6) is 0 Å². The van der Waals surface area contributed by atoms with E-state index in [4.69, 9.17) is 0 Å². The number of carbonyl (C=O) groups excluding carboxylic acids is 1. The summed E-state index contributed by atoms with van der Waals surface area (Å²) in [6, 6.07) is 7.98. The van der Waals surface area contributed by atoms with Gasteiger partial charge in [0, 0.05) is 50.7 Å². The van der Waals surface area contributed by atoms with E-state index in [0.717, 1.165) is 31.7 Å². The lowest BCUT2D eigenvalue weighted by Crippen LogP contribution is -2.39. The van der Waals surface area contributed by atoms with Crippen LogP contribution >= 0.6 is 0 Å². The normalized spacial score (nSPS) is 25.5. The number of aromatic nitrogens is 3. The minimum Gasteiger partial charge on any atom is -0.355 e. The first-order valence-electron chi connectivity index (χ1n) is 8.44. The first-order valence-corrected chi connectivity index (χ1v) is 8.44. The molecule has 2 aliphatic rings. The van der Waals surface area contributed by atoms with Crippen molar-refractivity contribution in [2.45, 2.75) is 18.9 Å². The average Bonchev–Trinajstić information content (AvgIpc) is 3.22. The number of pyridine rings is 1. The third kappa shape index (κ3) is 2.62. The van der Waals surface area contributed by atoms with Gasteiger partial charge < -0.3 is 9.80 Å². The maximum atomic E-state index is 12.7. The summed E-state index contributed by atoms with van der Waals surface area (Å²) in [7, 11) is 2.09. The van der Waals surface area contributed by atoms with Gasteiger partial charge in [-0.15, -0.1) is 5.10 Å². The van der Waals surface area contributed by atoms with Gasteiger partial charge in [-0.2, -0.15) is 5.10 Å². The van der Waals surface area contributed by atoms with Crippen LogP contribution in [0.15, 0.2) is 42.9 Å². The lowest BCUT2D eigenvalue weighted by atomic mass is 9.97. The van der Waals surface area contributed by atoms with Gasteiger partial charge in [-0.3, -0.25) is 9.78 Å². The summed E-state index contributed by atoms with van der Waals surface area (Å²) in [5, 5.41) is 8.21. The molecule has 0 aromatic carbocycles. The quantitative estimate of drug-likeness (QED) is 0.863. The average molecular weight is 323 g/mol. The highest BCUT2D eigenvalue weighted by molar-refractivity contribution is 5.94. The van der Waals surface area contributed by atoms with Gasteiger partial charge in [0.15, 0.2) is 5.82 Å². The van der Waals surface area contributed by atoms with Crippen molar-refractivity contribution < 1.29 is 4.79 Å². The second-order valence-corrected chi connectivity index (χ2v) is 6.71. The Balaban J connectivity index is 1.48. The summed E-state index contributed by atoms with van der Waals surface area (Å²) in [6.45, 7) is 1.66. The molecule has 0 spiro atoms. The van der Waals surface area contributed by atoms with Gasteiger partial charge in [0.2, 0.25) is 0 Å². The molecule has 3 heterocycles. The molecule has 2 fully saturated rings. The molecule has 0 bridgehead atoms. The Bertz CT molecular complexity index is 708. The molecular formula is C18H21N5O. The molecule has 0 N–H and O–H groups in total. The van der Waals surface area contributed by atoms with Gasteiger partial charge in [-0.25, -0.2) is 0 Å². The van der Waals surface area contributed by atoms with Crippen molar-refractivity contribution in [3.63, 3.8) is 0 Å². The molecule has 6 heteroatoms. The predicted molar refractivity (Wildman–Crippen MR) is 90.6 cm³/mol. The summed E-state index contributed by atoms with van der Waals surface area (Å²) in [4.78, 5) is 21.0. The Hall–Kier alpha value is -2.50. The van der Waals surface area contributed by atoms with Crippen molar-refractivity contribution in [1.29, 1.82) is 0 Å². The summed E-state index contributed by atoms with van der Waals surface area (Å²) in [5.74, 6) is 2.07. The van der Waals surface area contributed by atoms with Gasteiger partial charge in [-0.05, 0) is 43.0 Å². The number of rotatable bonds is 3. The van der Waals surface area contributed by atoms with Gasteiger partial charge in [-0.1, -0.05) is 0 Å². The zero-order valence-electron chi connectivity index (χ0n) is 13.7. The zero-order valence-corrected chi connectivity index (χ0v) is 13.7. The number of anilines is 1. The number of likely N-dealkylation sites (tertiary alicyclic amines) is 1. The fourth-order valence-electron chi connectivity index (χ4n) is 4.21. The molecule has 0 unspecified atom stereocenters. The fourth-order valence-corrected chi connectivity index (χ4v) is 4.21. The van der Waals surface area contributed by atoms with Crippen LogP contribution < -0.4 is 4.90 Å². The largest absolute Gasteiger partial charge is 0.355 e. The zero-order chi connectivity index (χ0) is 16.5.